The number of rotatable bonds is 8. The van der Waals surface area contributed by atoms with E-state index in [1.54, 1.807) is 24.3 Å². The van der Waals surface area contributed by atoms with Gasteiger partial charge < -0.3 is 15.4 Å². The summed E-state index contributed by atoms with van der Waals surface area (Å²) >= 11 is 1.26. The molecule has 1 aliphatic carbocycles. The van der Waals surface area contributed by atoms with Crippen LogP contribution in [0.5, 0.6) is 0 Å². The second-order valence-corrected chi connectivity index (χ2v) is 11.9. The molecule has 182 valence electrons. The van der Waals surface area contributed by atoms with E-state index in [4.69, 9.17) is 4.74 Å². The predicted octanol–water partition coefficient (Wildman–Crippen LogP) is 2.47. The highest BCUT2D eigenvalue weighted by atomic mass is 32.2. The van der Waals surface area contributed by atoms with Crippen LogP contribution in [0, 0.1) is 0 Å². The molecule has 10 heteroatoms. The quantitative estimate of drug-likeness (QED) is 0.419. The minimum Gasteiger partial charge on any atom is -0.452 e. The molecule has 1 aliphatic heterocycles. The van der Waals surface area contributed by atoms with Gasteiger partial charge in [0.15, 0.2) is 16.4 Å². The van der Waals surface area contributed by atoms with Gasteiger partial charge in [-0.2, -0.15) is 0 Å². The normalized spacial score (nSPS) is 20.9. The number of carbonyl (C=O) groups excluding carboxylic acids is 3. The summed E-state index contributed by atoms with van der Waals surface area (Å²) < 4.78 is 28.1. The van der Waals surface area contributed by atoms with E-state index in [2.05, 4.69) is 10.6 Å². The zero-order valence-electron chi connectivity index (χ0n) is 18.7. The Hall–Kier alpha value is -2.07. The summed E-state index contributed by atoms with van der Waals surface area (Å²) in [5, 5.41) is 5.70. The Morgan fingerprint density at radius 2 is 1.58 bits per heavy atom. The first kappa shape index (κ1) is 25.6. The van der Waals surface area contributed by atoms with Gasteiger partial charge in [0, 0.05) is 17.0 Å². The molecule has 3 rings (SSSR count). The highest BCUT2D eigenvalue weighted by Crippen LogP contribution is 2.24. The van der Waals surface area contributed by atoms with E-state index in [0.29, 0.717) is 11.3 Å². The monoisotopic (exact) mass is 496 g/mol. The van der Waals surface area contributed by atoms with E-state index in [9.17, 15) is 22.8 Å². The molecule has 0 bridgehead atoms. The second-order valence-electron chi connectivity index (χ2n) is 8.64. The molecule has 1 saturated carbocycles. The molecule has 1 aromatic carbocycles. The predicted molar refractivity (Wildman–Crippen MR) is 127 cm³/mol. The fraction of sp³-hybridized carbons (Fsp3) is 0.609. The van der Waals surface area contributed by atoms with Gasteiger partial charge in [-0.3, -0.25) is 9.59 Å². The summed E-state index contributed by atoms with van der Waals surface area (Å²) in [7, 11) is -3.11. The number of thioether (sulfide) groups is 1. The molecule has 0 spiro atoms. The van der Waals surface area contributed by atoms with Crippen LogP contribution < -0.4 is 10.6 Å². The van der Waals surface area contributed by atoms with E-state index in [-0.39, 0.29) is 34.8 Å². The Balaban J connectivity index is 1.46. The van der Waals surface area contributed by atoms with Crippen molar-refractivity contribution in [1.29, 1.82) is 0 Å². The Kier molecular flexibility index (Phi) is 9.61. The van der Waals surface area contributed by atoms with Gasteiger partial charge in [-0.25, -0.2) is 13.2 Å². The SMILES string of the molecule is O=C(CSc1ccccc1C(=O)OCC(=O)NC1CCS(=O)(=O)C1)NC1CCCCCCC1. The molecular weight excluding hydrogens is 464 g/mol. The Labute approximate surface area is 199 Å². The molecule has 2 N–H and O–H groups in total. The number of nitrogens with one attached hydrogen (secondary N) is 2. The maximum Gasteiger partial charge on any atom is 0.339 e. The molecule has 33 heavy (non-hydrogen) atoms. The average molecular weight is 497 g/mol. The van der Waals surface area contributed by atoms with Crippen LogP contribution in [0.25, 0.3) is 0 Å². The van der Waals surface area contributed by atoms with Crippen molar-refractivity contribution in [3.63, 3.8) is 0 Å². The van der Waals surface area contributed by atoms with Gasteiger partial charge in [0.1, 0.15) is 0 Å². The fourth-order valence-electron chi connectivity index (χ4n) is 4.16. The molecule has 2 amide bonds. The molecule has 1 unspecified atom stereocenters. The van der Waals surface area contributed by atoms with E-state index in [0.717, 1.165) is 25.7 Å². The van der Waals surface area contributed by atoms with Gasteiger partial charge in [0.2, 0.25) is 5.91 Å². The molecule has 2 fully saturated rings. The van der Waals surface area contributed by atoms with E-state index in [1.165, 1.54) is 31.0 Å². The second kappa shape index (κ2) is 12.4. The van der Waals surface area contributed by atoms with Crippen molar-refractivity contribution in [2.24, 2.45) is 0 Å². The lowest BCUT2D eigenvalue weighted by Crippen LogP contribution is -2.38. The summed E-state index contributed by atoms with van der Waals surface area (Å²) in [6.45, 7) is -0.490. The van der Waals surface area contributed by atoms with Crippen molar-refractivity contribution < 1.29 is 27.5 Å². The zero-order valence-corrected chi connectivity index (χ0v) is 20.3. The fourth-order valence-corrected chi connectivity index (χ4v) is 6.69. The Morgan fingerprint density at radius 1 is 0.909 bits per heavy atom. The third kappa shape index (κ3) is 8.66. The van der Waals surface area contributed by atoms with Gasteiger partial charge in [0.25, 0.3) is 5.91 Å². The van der Waals surface area contributed by atoms with Crippen molar-refractivity contribution in [3.8, 4) is 0 Å². The van der Waals surface area contributed by atoms with E-state index < -0.39 is 34.4 Å². The van der Waals surface area contributed by atoms with E-state index in [1.807, 2.05) is 0 Å². The third-order valence-electron chi connectivity index (χ3n) is 5.87. The Bertz CT molecular complexity index is 942. The highest BCUT2D eigenvalue weighted by molar-refractivity contribution is 8.00. The van der Waals surface area contributed by atoms with Crippen molar-refractivity contribution >= 4 is 39.4 Å². The number of benzene rings is 1. The van der Waals surface area contributed by atoms with Crippen LogP contribution in [0.2, 0.25) is 0 Å². The lowest BCUT2D eigenvalue weighted by Gasteiger charge is -2.21. The number of hydrogen-bond acceptors (Lipinski definition) is 7. The number of sulfone groups is 1. The standard InChI is InChI=1S/C23H32N2O6S2/c26-21(25-18-12-13-33(29,30)16-18)14-31-23(28)19-10-6-7-11-20(19)32-15-22(27)24-17-8-4-2-1-3-5-9-17/h6-7,10-11,17-18H,1-5,8-9,12-16H2,(H,24,27)(H,25,26). The molecule has 8 nitrogen and oxygen atoms in total. The first-order valence-corrected chi connectivity index (χ1v) is 14.3. The van der Waals surface area contributed by atoms with Crippen LogP contribution in [0.3, 0.4) is 0 Å². The summed E-state index contributed by atoms with van der Waals surface area (Å²) in [4.78, 5) is 37.6. The van der Waals surface area contributed by atoms with Crippen LogP contribution >= 0.6 is 11.8 Å². The molecule has 2 aliphatic rings. The first-order chi connectivity index (χ1) is 15.8. The van der Waals surface area contributed by atoms with Crippen LogP contribution in [0.1, 0.15) is 61.7 Å². The molecule has 1 saturated heterocycles. The van der Waals surface area contributed by atoms with Gasteiger partial charge in [-0.15, -0.1) is 11.8 Å². The van der Waals surface area contributed by atoms with Crippen LogP contribution in [-0.2, 0) is 24.2 Å². The third-order valence-corrected chi connectivity index (χ3v) is 8.71. The van der Waals surface area contributed by atoms with Crippen molar-refractivity contribution in [2.45, 2.75) is 68.3 Å². The number of amides is 2. The minimum absolute atomic E-state index is 0.0522. The van der Waals surface area contributed by atoms with Gasteiger partial charge in [-0.05, 0) is 31.4 Å². The molecule has 1 heterocycles. The molecule has 0 radical (unpaired) electrons. The molecule has 0 aromatic heterocycles. The smallest absolute Gasteiger partial charge is 0.339 e. The van der Waals surface area contributed by atoms with Crippen molar-refractivity contribution in [3.05, 3.63) is 29.8 Å². The largest absolute Gasteiger partial charge is 0.452 e. The summed E-state index contributed by atoms with van der Waals surface area (Å²) in [5.74, 6) is -1.09. The molecular formula is C23H32N2O6S2. The van der Waals surface area contributed by atoms with E-state index >= 15 is 0 Å². The average Bonchev–Trinajstić information content (AvgIpc) is 3.10. The number of carbonyl (C=O) groups is 3. The first-order valence-electron chi connectivity index (χ1n) is 11.5. The lowest BCUT2D eigenvalue weighted by atomic mass is 9.97. The van der Waals surface area contributed by atoms with Crippen LogP contribution in [0.4, 0.5) is 0 Å². The minimum atomic E-state index is -3.11. The van der Waals surface area contributed by atoms with Crippen LogP contribution in [-0.4, -0.2) is 62.2 Å². The van der Waals surface area contributed by atoms with Gasteiger partial charge in [-0.1, -0.05) is 44.2 Å². The number of ether oxygens (including phenoxy) is 1. The number of esters is 1. The van der Waals surface area contributed by atoms with Gasteiger partial charge in [0.05, 0.1) is 22.8 Å². The zero-order chi connectivity index (χ0) is 23.7. The maximum atomic E-state index is 12.5. The Morgan fingerprint density at radius 3 is 2.27 bits per heavy atom. The topological polar surface area (TPSA) is 119 Å². The summed E-state index contributed by atoms with van der Waals surface area (Å²) in [6.07, 6.45) is 8.36. The summed E-state index contributed by atoms with van der Waals surface area (Å²) in [6, 6.07) is 6.58. The summed E-state index contributed by atoms with van der Waals surface area (Å²) in [5.41, 5.74) is 0.289. The lowest BCUT2D eigenvalue weighted by molar-refractivity contribution is -0.124. The number of hydrogen-bond donors (Lipinski definition) is 2. The highest BCUT2D eigenvalue weighted by Gasteiger charge is 2.29. The van der Waals surface area contributed by atoms with Crippen molar-refractivity contribution in [2.75, 3.05) is 23.9 Å². The maximum absolute atomic E-state index is 12.5. The molecule has 1 atom stereocenters. The van der Waals surface area contributed by atoms with Gasteiger partial charge >= 0.3 is 5.97 Å². The molecule has 1 aromatic rings. The van der Waals surface area contributed by atoms with Crippen molar-refractivity contribution in [1.82, 2.24) is 10.6 Å². The van der Waals surface area contributed by atoms with Crippen LogP contribution in [0.15, 0.2) is 29.2 Å².